The van der Waals surface area contributed by atoms with Gasteiger partial charge in [-0.2, -0.15) is 5.90 Å². The van der Waals surface area contributed by atoms with Gasteiger partial charge in [-0.15, -0.1) is 0 Å². The lowest BCUT2D eigenvalue weighted by atomic mass is 9.92. The first-order valence-electron chi connectivity index (χ1n) is 19.0. The van der Waals surface area contributed by atoms with Gasteiger partial charge in [-0.1, -0.05) is 140 Å². The molecule has 282 valence electrons. The van der Waals surface area contributed by atoms with Crippen molar-refractivity contribution in [2.45, 2.75) is 102 Å². The summed E-state index contributed by atoms with van der Waals surface area (Å²) in [6.45, 7) is 31.1. The maximum absolute atomic E-state index is 5.57. The first-order chi connectivity index (χ1) is 25.1. The van der Waals surface area contributed by atoms with Crippen LogP contribution in [0.1, 0.15) is 107 Å². The van der Waals surface area contributed by atoms with Crippen molar-refractivity contribution in [3.63, 3.8) is 0 Å². The van der Waals surface area contributed by atoms with Crippen molar-refractivity contribution in [1.29, 1.82) is 0 Å². The molecule has 4 nitrogen and oxygen atoms in total. The Kier molecular flexibility index (Phi) is 24.7. The Labute approximate surface area is 318 Å². The van der Waals surface area contributed by atoms with E-state index in [0.717, 1.165) is 49.1 Å². The minimum absolute atomic E-state index is 0.688. The number of aryl methyl sites for hydroxylation is 4. The minimum atomic E-state index is 0.688. The molecule has 1 aliphatic rings. The summed E-state index contributed by atoms with van der Waals surface area (Å²) in [7, 11) is 0. The zero-order valence-electron chi connectivity index (χ0n) is 34.3. The molecule has 0 saturated carbocycles. The Balaban J connectivity index is 0.000000728. The number of allylic oxidation sites excluding steroid dienone is 3. The van der Waals surface area contributed by atoms with E-state index in [2.05, 4.69) is 127 Å². The Bertz CT molecular complexity index is 1710. The molecular formula is C48H69N3O. The molecule has 0 heterocycles. The summed E-state index contributed by atoms with van der Waals surface area (Å²) in [6, 6.07) is 25.7. The quantitative estimate of drug-likeness (QED) is 0.167. The predicted octanol–water partition coefficient (Wildman–Crippen LogP) is 12.9. The lowest BCUT2D eigenvalue weighted by Gasteiger charge is -2.13. The van der Waals surface area contributed by atoms with Gasteiger partial charge in [-0.3, -0.25) is 0 Å². The molecule has 0 spiro atoms. The summed E-state index contributed by atoms with van der Waals surface area (Å²) in [6.07, 6.45) is 12.2. The SMILES string of the molecule is C=Cc1cc(-c2ccccc2CC)cc(C)c1C.C=Cc1cc(-c2ccccc2CC)cc(C)c1ON.CC.CC.CC1=C(N)C=CCC1.CCN. The fourth-order valence-corrected chi connectivity index (χ4v) is 5.54. The molecule has 1 aliphatic carbocycles. The molecule has 52 heavy (non-hydrogen) atoms. The minimum Gasteiger partial charge on any atom is -0.411 e. The van der Waals surface area contributed by atoms with Gasteiger partial charge in [0, 0.05) is 11.3 Å². The molecular weight excluding hydrogens is 635 g/mol. The fraction of sp³-hybridized carbons (Fsp3) is 0.333. The van der Waals surface area contributed by atoms with Gasteiger partial charge in [0.05, 0.1) is 0 Å². The summed E-state index contributed by atoms with van der Waals surface area (Å²) < 4.78 is 0. The van der Waals surface area contributed by atoms with Gasteiger partial charge in [-0.05, 0) is 140 Å². The van der Waals surface area contributed by atoms with Crippen LogP contribution in [0.2, 0.25) is 0 Å². The van der Waals surface area contributed by atoms with Crippen LogP contribution in [0.5, 0.6) is 5.75 Å². The van der Waals surface area contributed by atoms with E-state index >= 15 is 0 Å². The highest BCUT2D eigenvalue weighted by molar-refractivity contribution is 5.74. The highest BCUT2D eigenvalue weighted by Crippen LogP contribution is 2.33. The second-order valence-electron chi connectivity index (χ2n) is 11.9. The summed E-state index contributed by atoms with van der Waals surface area (Å²) >= 11 is 0. The normalized spacial score (nSPS) is 10.9. The van der Waals surface area contributed by atoms with Crippen molar-refractivity contribution in [2.24, 2.45) is 17.4 Å². The lowest BCUT2D eigenvalue weighted by Crippen LogP contribution is -2.05. The molecule has 0 amide bonds. The zero-order chi connectivity index (χ0) is 39.6. The molecule has 5 rings (SSSR count). The third-order valence-corrected chi connectivity index (χ3v) is 8.46. The Hall–Kier alpha value is -4.64. The van der Waals surface area contributed by atoms with Crippen molar-refractivity contribution in [1.82, 2.24) is 0 Å². The van der Waals surface area contributed by atoms with Crippen LogP contribution in [0.3, 0.4) is 0 Å². The van der Waals surface area contributed by atoms with E-state index in [1.54, 1.807) is 6.08 Å². The number of hydrogen-bond acceptors (Lipinski definition) is 4. The monoisotopic (exact) mass is 704 g/mol. The van der Waals surface area contributed by atoms with Crippen LogP contribution in [-0.4, -0.2) is 6.54 Å². The van der Waals surface area contributed by atoms with Gasteiger partial charge in [0.25, 0.3) is 0 Å². The largest absolute Gasteiger partial charge is 0.411 e. The number of nitrogens with two attached hydrogens (primary N) is 3. The van der Waals surface area contributed by atoms with E-state index < -0.39 is 0 Å². The third kappa shape index (κ3) is 14.5. The van der Waals surface area contributed by atoms with Gasteiger partial charge in [0.2, 0.25) is 0 Å². The van der Waals surface area contributed by atoms with Crippen LogP contribution in [0, 0.1) is 20.8 Å². The Morgan fingerprint density at radius 1 is 0.692 bits per heavy atom. The van der Waals surface area contributed by atoms with Crippen LogP contribution in [-0.2, 0) is 12.8 Å². The number of benzene rings is 4. The van der Waals surface area contributed by atoms with Gasteiger partial charge in [0.15, 0.2) is 5.75 Å². The molecule has 0 aliphatic heterocycles. The second-order valence-corrected chi connectivity index (χ2v) is 11.9. The molecule has 0 atom stereocenters. The number of hydrogen-bond donors (Lipinski definition) is 3. The first kappa shape index (κ1) is 47.4. The van der Waals surface area contributed by atoms with Crippen molar-refractivity contribution in [3.05, 3.63) is 148 Å². The Morgan fingerprint density at radius 3 is 1.52 bits per heavy atom. The molecule has 0 unspecified atom stereocenters. The molecule has 0 bridgehead atoms. The van der Waals surface area contributed by atoms with E-state index in [1.807, 2.05) is 53.7 Å². The highest BCUT2D eigenvalue weighted by Gasteiger charge is 2.11. The topological polar surface area (TPSA) is 87.3 Å². The summed E-state index contributed by atoms with van der Waals surface area (Å²) in [5.74, 6) is 6.01. The van der Waals surface area contributed by atoms with E-state index in [9.17, 15) is 0 Å². The van der Waals surface area contributed by atoms with E-state index in [4.69, 9.17) is 22.2 Å². The van der Waals surface area contributed by atoms with Gasteiger partial charge < -0.3 is 16.3 Å². The maximum atomic E-state index is 5.57. The van der Waals surface area contributed by atoms with Crippen LogP contribution >= 0.6 is 0 Å². The first-order valence-corrected chi connectivity index (χ1v) is 19.0. The van der Waals surface area contributed by atoms with Crippen molar-refractivity contribution in [2.75, 3.05) is 6.54 Å². The van der Waals surface area contributed by atoms with E-state index in [-0.39, 0.29) is 0 Å². The van der Waals surface area contributed by atoms with E-state index in [1.165, 1.54) is 55.6 Å². The van der Waals surface area contributed by atoms with Gasteiger partial charge in [0.1, 0.15) is 0 Å². The van der Waals surface area contributed by atoms with Gasteiger partial charge in [-0.25, -0.2) is 0 Å². The fourth-order valence-electron chi connectivity index (χ4n) is 5.54. The molecule has 6 N–H and O–H groups in total. The van der Waals surface area contributed by atoms with Gasteiger partial charge >= 0.3 is 0 Å². The summed E-state index contributed by atoms with van der Waals surface area (Å²) in [5, 5.41) is 0. The lowest BCUT2D eigenvalue weighted by molar-refractivity contribution is 0.331. The standard InChI is InChI=1S/C18H20.C17H19NO.C7H11N.C2H7N.2C2H6/c1-5-15-9-7-8-10-18(15)17-11-13(3)14(4)16(6-2)12-17;1-4-13-8-6-7-9-16(13)15-10-12(3)17(19-18)14(5-2)11-15;1-6-4-2-3-5-7(6)8;1-2-3;2*1-2/h6-12H,2,5H2,1,3-4H3;5-11H,2,4,18H2,1,3H3;3,5H,2,4,8H2,1H3;2-3H2,1H3;2*1-2H3. The third-order valence-electron chi connectivity index (χ3n) is 8.46. The summed E-state index contributed by atoms with van der Waals surface area (Å²) in [5.41, 5.74) is 26.3. The van der Waals surface area contributed by atoms with Crippen molar-refractivity contribution < 1.29 is 4.84 Å². The maximum Gasteiger partial charge on any atom is 0.156 e. The zero-order valence-corrected chi connectivity index (χ0v) is 34.3. The average Bonchev–Trinajstić information content (AvgIpc) is 3.19. The van der Waals surface area contributed by atoms with Crippen LogP contribution in [0.25, 0.3) is 34.4 Å². The smallest absolute Gasteiger partial charge is 0.156 e. The number of rotatable bonds is 7. The van der Waals surface area contributed by atoms with Crippen molar-refractivity contribution >= 4 is 12.2 Å². The highest BCUT2D eigenvalue weighted by atomic mass is 16.6. The predicted molar refractivity (Wildman–Crippen MR) is 234 cm³/mol. The Morgan fingerprint density at radius 2 is 1.13 bits per heavy atom. The molecule has 0 aromatic heterocycles. The van der Waals surface area contributed by atoms with E-state index in [0.29, 0.717) is 5.75 Å². The van der Waals surface area contributed by atoms with Crippen LogP contribution in [0.4, 0.5) is 0 Å². The van der Waals surface area contributed by atoms with Crippen LogP contribution in [0.15, 0.2) is 109 Å². The molecule has 0 fully saturated rings. The molecule has 0 saturated heterocycles. The molecule has 4 aromatic rings. The molecule has 0 radical (unpaired) electrons. The molecule has 4 heteroatoms. The average molecular weight is 704 g/mol. The van der Waals surface area contributed by atoms with Crippen molar-refractivity contribution in [3.8, 4) is 28.0 Å². The molecule has 4 aromatic carbocycles. The van der Waals surface area contributed by atoms with Crippen LogP contribution < -0.4 is 22.2 Å². The summed E-state index contributed by atoms with van der Waals surface area (Å²) in [4.78, 5) is 4.94. The second kappa shape index (κ2) is 27.1.